The van der Waals surface area contributed by atoms with Crippen molar-refractivity contribution in [3.8, 4) is 0 Å². The molecule has 0 radical (unpaired) electrons. The fraction of sp³-hybridized carbons (Fsp3) is 0.562. The molecule has 0 aliphatic carbocycles. The standard InChI is InChI=1S/C16H26N4O/c1-13-11-14(16(17)19-21)5-6-15(13)12-18-7-10-20-8-3-2-4-9-20/h5-6,11,18,21H,2-4,7-10,12H2,1H3,(H2,17,19). The van der Waals surface area contributed by atoms with Gasteiger partial charge in [0.2, 0.25) is 0 Å². The minimum atomic E-state index is 0.155. The molecule has 116 valence electrons. The monoisotopic (exact) mass is 290 g/mol. The zero-order chi connectivity index (χ0) is 15.1. The molecule has 1 aliphatic rings. The Kier molecular flexibility index (Phi) is 6.02. The molecule has 2 rings (SSSR count). The number of aryl methyl sites for hydroxylation is 1. The van der Waals surface area contributed by atoms with Crippen molar-refractivity contribution >= 4 is 5.84 Å². The molecule has 1 heterocycles. The molecule has 0 aromatic heterocycles. The average molecular weight is 290 g/mol. The third-order valence-corrected chi connectivity index (χ3v) is 4.12. The number of nitrogens with two attached hydrogens (primary N) is 1. The van der Waals surface area contributed by atoms with E-state index in [4.69, 9.17) is 10.9 Å². The highest BCUT2D eigenvalue weighted by molar-refractivity contribution is 5.97. The summed E-state index contributed by atoms with van der Waals surface area (Å²) in [6.45, 7) is 7.54. The van der Waals surface area contributed by atoms with E-state index in [1.165, 1.54) is 37.9 Å². The summed E-state index contributed by atoms with van der Waals surface area (Å²) in [4.78, 5) is 2.53. The molecule has 0 bridgehead atoms. The minimum absolute atomic E-state index is 0.155. The van der Waals surface area contributed by atoms with E-state index >= 15 is 0 Å². The van der Waals surface area contributed by atoms with Gasteiger partial charge in [-0.3, -0.25) is 0 Å². The fourth-order valence-corrected chi connectivity index (χ4v) is 2.75. The summed E-state index contributed by atoms with van der Waals surface area (Å²) in [5.41, 5.74) is 8.76. The molecule has 0 spiro atoms. The summed E-state index contributed by atoms with van der Waals surface area (Å²) in [6, 6.07) is 5.89. The lowest BCUT2D eigenvalue weighted by Crippen LogP contribution is -2.35. The Morgan fingerprint density at radius 1 is 1.33 bits per heavy atom. The molecule has 0 saturated carbocycles. The maximum absolute atomic E-state index is 8.69. The van der Waals surface area contributed by atoms with E-state index in [0.29, 0.717) is 0 Å². The Hall–Kier alpha value is -1.59. The smallest absolute Gasteiger partial charge is 0.170 e. The number of rotatable bonds is 6. The van der Waals surface area contributed by atoms with Crippen molar-refractivity contribution in [2.24, 2.45) is 10.9 Å². The third kappa shape index (κ3) is 4.72. The van der Waals surface area contributed by atoms with Crippen LogP contribution < -0.4 is 11.1 Å². The van der Waals surface area contributed by atoms with Gasteiger partial charge in [0.05, 0.1) is 0 Å². The van der Waals surface area contributed by atoms with Crippen LogP contribution in [0.15, 0.2) is 23.4 Å². The van der Waals surface area contributed by atoms with Crippen molar-refractivity contribution < 1.29 is 5.21 Å². The summed E-state index contributed by atoms with van der Waals surface area (Å²) in [5, 5.41) is 15.2. The van der Waals surface area contributed by atoms with Gasteiger partial charge >= 0.3 is 0 Å². The van der Waals surface area contributed by atoms with Gasteiger partial charge in [-0.05, 0) is 50.0 Å². The molecule has 1 aromatic carbocycles. The number of piperidine rings is 1. The number of likely N-dealkylation sites (tertiary alicyclic amines) is 1. The first kappa shape index (κ1) is 15.8. The summed E-state index contributed by atoms with van der Waals surface area (Å²) < 4.78 is 0. The van der Waals surface area contributed by atoms with Gasteiger partial charge in [0.1, 0.15) is 0 Å². The normalized spacial score (nSPS) is 17.1. The predicted molar refractivity (Wildman–Crippen MR) is 85.7 cm³/mol. The van der Waals surface area contributed by atoms with E-state index in [1.54, 1.807) is 0 Å². The first-order valence-electron chi connectivity index (χ1n) is 7.71. The van der Waals surface area contributed by atoms with E-state index in [2.05, 4.69) is 22.3 Å². The van der Waals surface area contributed by atoms with Gasteiger partial charge in [0.15, 0.2) is 5.84 Å². The van der Waals surface area contributed by atoms with Crippen molar-refractivity contribution in [1.29, 1.82) is 0 Å². The highest BCUT2D eigenvalue weighted by Crippen LogP contribution is 2.11. The van der Waals surface area contributed by atoms with E-state index in [0.717, 1.165) is 30.8 Å². The van der Waals surface area contributed by atoms with Gasteiger partial charge in [-0.15, -0.1) is 0 Å². The number of hydrogen-bond acceptors (Lipinski definition) is 4. The first-order valence-corrected chi connectivity index (χ1v) is 7.71. The molecular weight excluding hydrogens is 264 g/mol. The van der Waals surface area contributed by atoms with Crippen LogP contribution in [0.1, 0.15) is 36.0 Å². The Morgan fingerprint density at radius 3 is 2.76 bits per heavy atom. The van der Waals surface area contributed by atoms with Gasteiger partial charge in [-0.2, -0.15) is 0 Å². The van der Waals surface area contributed by atoms with Crippen molar-refractivity contribution in [3.63, 3.8) is 0 Å². The van der Waals surface area contributed by atoms with Crippen LogP contribution >= 0.6 is 0 Å². The molecule has 21 heavy (non-hydrogen) atoms. The van der Waals surface area contributed by atoms with Crippen LogP contribution in [-0.2, 0) is 6.54 Å². The van der Waals surface area contributed by atoms with E-state index in [9.17, 15) is 0 Å². The minimum Gasteiger partial charge on any atom is -0.409 e. The average Bonchev–Trinajstić information content (AvgIpc) is 2.53. The SMILES string of the molecule is Cc1cc(/C(N)=N/O)ccc1CNCCN1CCCCC1. The molecule has 1 aliphatic heterocycles. The largest absolute Gasteiger partial charge is 0.409 e. The number of benzene rings is 1. The number of hydrogen-bond donors (Lipinski definition) is 3. The van der Waals surface area contributed by atoms with Crippen molar-refractivity contribution in [1.82, 2.24) is 10.2 Å². The molecule has 5 nitrogen and oxygen atoms in total. The van der Waals surface area contributed by atoms with Crippen LogP contribution in [0.5, 0.6) is 0 Å². The molecule has 5 heteroatoms. The van der Waals surface area contributed by atoms with Gasteiger partial charge < -0.3 is 21.2 Å². The second kappa shape index (κ2) is 8.00. The molecule has 0 amide bonds. The van der Waals surface area contributed by atoms with Gasteiger partial charge in [-0.1, -0.05) is 23.7 Å². The third-order valence-electron chi connectivity index (χ3n) is 4.12. The summed E-state index contributed by atoms with van der Waals surface area (Å²) in [7, 11) is 0. The van der Waals surface area contributed by atoms with Gasteiger partial charge in [0, 0.05) is 25.2 Å². The van der Waals surface area contributed by atoms with Crippen LogP contribution in [0.3, 0.4) is 0 Å². The maximum atomic E-state index is 8.69. The lowest BCUT2D eigenvalue weighted by atomic mass is 10.0. The first-order chi connectivity index (χ1) is 10.2. The molecule has 0 atom stereocenters. The molecular formula is C16H26N4O. The van der Waals surface area contributed by atoms with E-state index < -0.39 is 0 Å². The predicted octanol–water partition coefficient (Wildman–Crippen LogP) is 1.67. The molecule has 1 aromatic rings. The number of oxime groups is 1. The van der Waals surface area contributed by atoms with Crippen molar-refractivity contribution in [3.05, 3.63) is 34.9 Å². The van der Waals surface area contributed by atoms with Crippen LogP contribution in [0.25, 0.3) is 0 Å². The highest BCUT2D eigenvalue weighted by atomic mass is 16.4. The molecule has 1 fully saturated rings. The Labute approximate surface area is 126 Å². The van der Waals surface area contributed by atoms with Crippen molar-refractivity contribution in [2.45, 2.75) is 32.7 Å². The van der Waals surface area contributed by atoms with Crippen LogP contribution in [0, 0.1) is 6.92 Å². The Morgan fingerprint density at radius 2 is 2.10 bits per heavy atom. The summed E-state index contributed by atoms with van der Waals surface area (Å²) in [6.07, 6.45) is 4.07. The fourth-order valence-electron chi connectivity index (χ4n) is 2.75. The molecule has 0 unspecified atom stereocenters. The van der Waals surface area contributed by atoms with Crippen LogP contribution in [0.4, 0.5) is 0 Å². The Bertz CT molecular complexity index is 481. The Balaban J connectivity index is 1.77. The van der Waals surface area contributed by atoms with E-state index in [1.807, 2.05) is 18.2 Å². The zero-order valence-corrected chi connectivity index (χ0v) is 12.8. The van der Waals surface area contributed by atoms with Crippen molar-refractivity contribution in [2.75, 3.05) is 26.2 Å². The quantitative estimate of drug-likeness (QED) is 0.245. The van der Waals surface area contributed by atoms with Gasteiger partial charge in [-0.25, -0.2) is 0 Å². The summed E-state index contributed by atoms with van der Waals surface area (Å²) >= 11 is 0. The van der Waals surface area contributed by atoms with Gasteiger partial charge in [0.25, 0.3) is 0 Å². The highest BCUT2D eigenvalue weighted by Gasteiger charge is 2.09. The maximum Gasteiger partial charge on any atom is 0.170 e. The van der Waals surface area contributed by atoms with E-state index in [-0.39, 0.29) is 5.84 Å². The molecule has 1 saturated heterocycles. The lowest BCUT2D eigenvalue weighted by Gasteiger charge is -2.26. The number of amidine groups is 1. The second-order valence-corrected chi connectivity index (χ2v) is 5.71. The number of nitrogens with one attached hydrogen (secondary N) is 1. The summed E-state index contributed by atoms with van der Waals surface area (Å²) in [5.74, 6) is 0.155. The second-order valence-electron chi connectivity index (χ2n) is 5.71. The lowest BCUT2D eigenvalue weighted by molar-refractivity contribution is 0.229. The number of nitrogens with zero attached hydrogens (tertiary/aromatic N) is 2. The molecule has 4 N–H and O–H groups in total. The topological polar surface area (TPSA) is 73.9 Å². The van der Waals surface area contributed by atoms with Crippen LogP contribution in [-0.4, -0.2) is 42.1 Å². The van der Waals surface area contributed by atoms with Crippen LogP contribution in [0.2, 0.25) is 0 Å². The zero-order valence-electron chi connectivity index (χ0n) is 12.8.